The fourth-order valence-electron chi connectivity index (χ4n) is 2.31. The summed E-state index contributed by atoms with van der Waals surface area (Å²) in [5, 5.41) is 16.8. The van der Waals surface area contributed by atoms with E-state index in [0.29, 0.717) is 17.7 Å². The van der Waals surface area contributed by atoms with E-state index >= 15 is 0 Å². The molecule has 1 heterocycles. The Morgan fingerprint density at radius 3 is 2.57 bits per heavy atom. The van der Waals surface area contributed by atoms with Crippen LogP contribution in [0, 0.1) is 17.0 Å². The molecular formula is C14H22Cl2N4O3. The van der Waals surface area contributed by atoms with E-state index in [1.165, 1.54) is 12.1 Å². The molecule has 1 aliphatic rings. The Kier molecular flexibility index (Phi) is 9.74. The van der Waals surface area contributed by atoms with Crippen molar-refractivity contribution >= 4 is 42.1 Å². The van der Waals surface area contributed by atoms with Crippen molar-refractivity contribution in [3.63, 3.8) is 0 Å². The van der Waals surface area contributed by atoms with Crippen LogP contribution in [0.25, 0.3) is 0 Å². The molecule has 2 rings (SSSR count). The third-order valence-corrected chi connectivity index (χ3v) is 3.56. The lowest BCUT2D eigenvalue weighted by Crippen LogP contribution is -2.44. The van der Waals surface area contributed by atoms with Crippen molar-refractivity contribution in [3.8, 4) is 0 Å². The number of non-ortho nitro benzene ring substituents is 1. The number of nitrogens with one attached hydrogen (secondary N) is 2. The van der Waals surface area contributed by atoms with Gasteiger partial charge in [0.25, 0.3) is 5.69 Å². The van der Waals surface area contributed by atoms with E-state index in [1.54, 1.807) is 13.0 Å². The van der Waals surface area contributed by atoms with Crippen LogP contribution in [0.1, 0.15) is 12.0 Å². The molecule has 0 atom stereocenters. The maximum Gasteiger partial charge on any atom is 0.269 e. The van der Waals surface area contributed by atoms with Gasteiger partial charge in [-0.2, -0.15) is 0 Å². The number of carbonyl (C=O) groups is 1. The Balaban J connectivity index is 0.00000242. The first-order valence-electron chi connectivity index (χ1n) is 7.04. The minimum absolute atomic E-state index is 0. The van der Waals surface area contributed by atoms with Gasteiger partial charge in [-0.15, -0.1) is 24.8 Å². The van der Waals surface area contributed by atoms with Gasteiger partial charge in [0.15, 0.2) is 0 Å². The van der Waals surface area contributed by atoms with Crippen LogP contribution in [0.5, 0.6) is 0 Å². The van der Waals surface area contributed by atoms with E-state index in [2.05, 4.69) is 15.5 Å². The Morgan fingerprint density at radius 2 is 2.00 bits per heavy atom. The second-order valence-corrected chi connectivity index (χ2v) is 5.15. The van der Waals surface area contributed by atoms with Crippen molar-refractivity contribution in [3.05, 3.63) is 33.9 Å². The zero-order valence-corrected chi connectivity index (χ0v) is 14.5. The molecule has 1 aromatic carbocycles. The molecule has 1 amide bonds. The number of rotatable bonds is 5. The molecule has 1 saturated heterocycles. The zero-order chi connectivity index (χ0) is 15.2. The maximum atomic E-state index is 11.9. The van der Waals surface area contributed by atoms with E-state index in [0.717, 1.165) is 32.7 Å². The predicted molar refractivity (Wildman–Crippen MR) is 94.9 cm³/mol. The second-order valence-electron chi connectivity index (χ2n) is 5.15. The first-order chi connectivity index (χ1) is 10.1. The topological polar surface area (TPSA) is 87.5 Å². The molecule has 1 fully saturated rings. The molecule has 1 aromatic rings. The molecule has 0 radical (unpaired) electrons. The summed E-state index contributed by atoms with van der Waals surface area (Å²) in [4.78, 5) is 24.4. The summed E-state index contributed by atoms with van der Waals surface area (Å²) in [6, 6.07) is 4.45. The Labute approximate surface area is 147 Å². The Bertz CT molecular complexity index is 537. The van der Waals surface area contributed by atoms with Crippen LogP contribution in [0.2, 0.25) is 0 Å². The second kappa shape index (κ2) is 10.4. The van der Waals surface area contributed by atoms with Gasteiger partial charge in [0.1, 0.15) is 0 Å². The van der Waals surface area contributed by atoms with Gasteiger partial charge in [-0.05, 0) is 18.6 Å². The van der Waals surface area contributed by atoms with Gasteiger partial charge < -0.3 is 15.5 Å². The highest BCUT2D eigenvalue weighted by atomic mass is 35.5. The molecule has 9 heteroatoms. The maximum absolute atomic E-state index is 11.9. The van der Waals surface area contributed by atoms with Crippen molar-refractivity contribution in [1.29, 1.82) is 0 Å². The number of carbonyl (C=O) groups excluding carboxylic acids is 1. The number of nitro groups is 1. The number of piperazine rings is 1. The fourth-order valence-corrected chi connectivity index (χ4v) is 2.31. The lowest BCUT2D eigenvalue weighted by molar-refractivity contribution is -0.384. The van der Waals surface area contributed by atoms with Crippen LogP contribution >= 0.6 is 24.8 Å². The van der Waals surface area contributed by atoms with Gasteiger partial charge in [-0.3, -0.25) is 14.9 Å². The Hall–Kier alpha value is -1.41. The number of anilines is 1. The van der Waals surface area contributed by atoms with Crippen molar-refractivity contribution in [2.45, 2.75) is 13.3 Å². The number of nitro benzene ring substituents is 1. The molecule has 23 heavy (non-hydrogen) atoms. The predicted octanol–water partition coefficient (Wildman–Crippen LogP) is 1.98. The van der Waals surface area contributed by atoms with Crippen molar-refractivity contribution in [2.24, 2.45) is 0 Å². The first-order valence-corrected chi connectivity index (χ1v) is 7.04. The molecule has 2 N–H and O–H groups in total. The SMILES string of the molecule is Cc1cc([N+](=O)[O-])ccc1NC(=O)CCN1CCNCC1.Cl.Cl. The molecule has 0 unspecified atom stereocenters. The molecule has 130 valence electrons. The number of benzene rings is 1. The minimum atomic E-state index is -0.441. The number of hydrogen-bond donors (Lipinski definition) is 2. The summed E-state index contributed by atoms with van der Waals surface area (Å²) in [6.07, 6.45) is 0.427. The first kappa shape index (κ1) is 21.6. The Morgan fingerprint density at radius 1 is 1.35 bits per heavy atom. The van der Waals surface area contributed by atoms with Gasteiger partial charge in [-0.25, -0.2) is 0 Å². The highest BCUT2D eigenvalue weighted by molar-refractivity contribution is 5.91. The summed E-state index contributed by atoms with van der Waals surface area (Å²) >= 11 is 0. The lowest BCUT2D eigenvalue weighted by atomic mass is 10.1. The number of amides is 1. The van der Waals surface area contributed by atoms with Crippen LogP contribution in [0.3, 0.4) is 0 Å². The van der Waals surface area contributed by atoms with Crippen LogP contribution < -0.4 is 10.6 Å². The van der Waals surface area contributed by atoms with Crippen LogP contribution in [-0.2, 0) is 4.79 Å². The molecule has 0 spiro atoms. The van der Waals surface area contributed by atoms with Crippen LogP contribution in [0.15, 0.2) is 18.2 Å². The minimum Gasteiger partial charge on any atom is -0.326 e. The van der Waals surface area contributed by atoms with E-state index < -0.39 is 4.92 Å². The van der Waals surface area contributed by atoms with E-state index in [4.69, 9.17) is 0 Å². The highest BCUT2D eigenvalue weighted by Crippen LogP contribution is 2.21. The monoisotopic (exact) mass is 364 g/mol. The molecule has 0 saturated carbocycles. The summed E-state index contributed by atoms with van der Waals surface area (Å²) in [5.74, 6) is -0.0644. The highest BCUT2D eigenvalue weighted by Gasteiger charge is 2.13. The average Bonchev–Trinajstić information content (AvgIpc) is 2.48. The molecule has 0 aromatic heterocycles. The third kappa shape index (κ3) is 6.70. The smallest absolute Gasteiger partial charge is 0.269 e. The molecule has 7 nitrogen and oxygen atoms in total. The van der Waals surface area contributed by atoms with Crippen molar-refractivity contribution in [2.75, 3.05) is 38.0 Å². The zero-order valence-electron chi connectivity index (χ0n) is 12.9. The number of nitrogens with zero attached hydrogens (tertiary/aromatic N) is 2. The summed E-state index contributed by atoms with van der Waals surface area (Å²) in [5.41, 5.74) is 1.36. The van der Waals surface area contributed by atoms with Crippen molar-refractivity contribution in [1.82, 2.24) is 10.2 Å². The number of aryl methyl sites for hydroxylation is 1. The van der Waals surface area contributed by atoms with Gasteiger partial charge in [-0.1, -0.05) is 0 Å². The lowest BCUT2D eigenvalue weighted by Gasteiger charge is -2.26. The van der Waals surface area contributed by atoms with Gasteiger partial charge in [0.2, 0.25) is 5.91 Å². The third-order valence-electron chi connectivity index (χ3n) is 3.56. The standard InChI is InChI=1S/C14H20N4O3.2ClH/c1-11-10-12(18(20)21)2-3-13(11)16-14(19)4-7-17-8-5-15-6-9-17;;/h2-3,10,15H,4-9H2,1H3,(H,16,19);2*1H. The summed E-state index contributed by atoms with van der Waals surface area (Å²) in [7, 11) is 0. The largest absolute Gasteiger partial charge is 0.326 e. The summed E-state index contributed by atoms with van der Waals surface area (Å²) < 4.78 is 0. The van der Waals surface area contributed by atoms with Crippen molar-refractivity contribution < 1.29 is 9.72 Å². The van der Waals surface area contributed by atoms with E-state index in [1.807, 2.05) is 0 Å². The van der Waals surface area contributed by atoms with Gasteiger partial charge in [0, 0.05) is 57.0 Å². The number of hydrogen-bond acceptors (Lipinski definition) is 5. The molecular weight excluding hydrogens is 343 g/mol. The summed E-state index contributed by atoms with van der Waals surface area (Å²) in [6.45, 7) is 6.33. The average molecular weight is 365 g/mol. The molecule has 1 aliphatic heterocycles. The quantitative estimate of drug-likeness (QED) is 0.616. The normalized spacial score (nSPS) is 14.3. The van der Waals surface area contributed by atoms with Crippen LogP contribution in [-0.4, -0.2) is 48.5 Å². The van der Waals surface area contributed by atoms with Gasteiger partial charge in [0.05, 0.1) is 4.92 Å². The number of halogens is 2. The van der Waals surface area contributed by atoms with Crippen LogP contribution in [0.4, 0.5) is 11.4 Å². The molecule has 0 aliphatic carbocycles. The fraction of sp³-hybridized carbons (Fsp3) is 0.500. The van der Waals surface area contributed by atoms with Gasteiger partial charge >= 0.3 is 0 Å². The van der Waals surface area contributed by atoms with E-state index in [-0.39, 0.29) is 36.4 Å². The molecule has 0 bridgehead atoms. The van der Waals surface area contributed by atoms with E-state index in [9.17, 15) is 14.9 Å².